The van der Waals surface area contributed by atoms with Crippen LogP contribution in [0.15, 0.2) is 25.3 Å². The van der Waals surface area contributed by atoms with E-state index in [-0.39, 0.29) is 0 Å². The smallest absolute Gasteiger partial charge is 0.0202 e. The third-order valence-electron chi connectivity index (χ3n) is 3.48. The lowest BCUT2D eigenvalue weighted by Gasteiger charge is -2.09. The van der Waals surface area contributed by atoms with E-state index < -0.39 is 0 Å². The molecule has 0 aromatic rings. The molecule has 1 atom stereocenters. The minimum Gasteiger partial charge on any atom is -0.103 e. The molecule has 0 spiro atoms. The molecule has 0 saturated heterocycles. The highest BCUT2D eigenvalue weighted by Crippen LogP contribution is 2.16. The van der Waals surface area contributed by atoms with Gasteiger partial charge in [0.05, 0.1) is 0 Å². The predicted octanol–water partition coefficient (Wildman–Crippen LogP) is 6.29. The number of hydrogen-bond acceptors (Lipinski definition) is 0. The Balaban J connectivity index is 3.16. The van der Waals surface area contributed by atoms with Gasteiger partial charge in [0.2, 0.25) is 0 Å². The van der Waals surface area contributed by atoms with Crippen LogP contribution < -0.4 is 0 Å². The highest BCUT2D eigenvalue weighted by atomic mass is 14.1. The van der Waals surface area contributed by atoms with Crippen molar-refractivity contribution in [2.24, 2.45) is 5.92 Å². The van der Waals surface area contributed by atoms with Gasteiger partial charge in [-0.3, -0.25) is 0 Å². The standard InChI is InChI=1S/C17H32/c1-4-7-8-9-10-11-12-13-14-16-17(6-3)15-5-2/h5-6,17H,2-4,7-16H2,1H3. The lowest BCUT2D eigenvalue weighted by molar-refractivity contribution is 0.514. The van der Waals surface area contributed by atoms with Gasteiger partial charge in [0.1, 0.15) is 0 Å². The molecule has 17 heavy (non-hydrogen) atoms. The minimum absolute atomic E-state index is 0.664. The average molecular weight is 236 g/mol. The third kappa shape index (κ3) is 11.7. The minimum atomic E-state index is 0.664. The van der Waals surface area contributed by atoms with Crippen molar-refractivity contribution in [3.63, 3.8) is 0 Å². The number of unbranched alkanes of at least 4 members (excludes halogenated alkanes) is 8. The molecule has 0 heterocycles. The Bertz CT molecular complexity index is 169. The molecule has 0 bridgehead atoms. The van der Waals surface area contributed by atoms with Crippen molar-refractivity contribution in [2.45, 2.75) is 77.6 Å². The van der Waals surface area contributed by atoms with E-state index in [4.69, 9.17) is 0 Å². The average Bonchev–Trinajstić information content (AvgIpc) is 2.35. The van der Waals surface area contributed by atoms with Gasteiger partial charge in [-0.25, -0.2) is 0 Å². The second kappa shape index (κ2) is 13.5. The van der Waals surface area contributed by atoms with Crippen LogP contribution in [-0.4, -0.2) is 0 Å². The van der Waals surface area contributed by atoms with Crippen molar-refractivity contribution in [1.82, 2.24) is 0 Å². The summed E-state index contributed by atoms with van der Waals surface area (Å²) in [7, 11) is 0. The topological polar surface area (TPSA) is 0 Å². The molecule has 0 radical (unpaired) electrons. The molecule has 0 aromatic heterocycles. The molecular weight excluding hydrogens is 204 g/mol. The number of rotatable bonds is 13. The summed E-state index contributed by atoms with van der Waals surface area (Å²) in [5, 5.41) is 0. The van der Waals surface area contributed by atoms with Gasteiger partial charge in [-0.15, -0.1) is 13.2 Å². The molecule has 0 aliphatic rings. The van der Waals surface area contributed by atoms with Gasteiger partial charge in [-0.05, 0) is 18.8 Å². The molecule has 0 aromatic carbocycles. The SMILES string of the molecule is C=CCC(C=C)CCCCCCCCCCC. The Morgan fingerprint density at radius 1 is 0.824 bits per heavy atom. The summed E-state index contributed by atoms with van der Waals surface area (Å²) in [4.78, 5) is 0. The summed E-state index contributed by atoms with van der Waals surface area (Å²) < 4.78 is 0. The van der Waals surface area contributed by atoms with Crippen LogP contribution in [0.1, 0.15) is 77.6 Å². The second-order valence-electron chi connectivity index (χ2n) is 5.14. The lowest BCUT2D eigenvalue weighted by atomic mass is 9.97. The molecule has 0 saturated carbocycles. The van der Waals surface area contributed by atoms with E-state index in [0.29, 0.717) is 5.92 Å². The normalized spacial score (nSPS) is 12.3. The van der Waals surface area contributed by atoms with Crippen molar-refractivity contribution >= 4 is 0 Å². The number of hydrogen-bond donors (Lipinski definition) is 0. The van der Waals surface area contributed by atoms with Crippen molar-refractivity contribution in [3.05, 3.63) is 25.3 Å². The zero-order valence-electron chi connectivity index (χ0n) is 11.9. The van der Waals surface area contributed by atoms with E-state index in [1.807, 2.05) is 6.08 Å². The van der Waals surface area contributed by atoms with Crippen LogP contribution in [-0.2, 0) is 0 Å². The van der Waals surface area contributed by atoms with Gasteiger partial charge in [-0.2, -0.15) is 0 Å². The summed E-state index contributed by atoms with van der Waals surface area (Å²) in [5.41, 5.74) is 0. The van der Waals surface area contributed by atoms with Crippen molar-refractivity contribution in [2.75, 3.05) is 0 Å². The molecule has 0 fully saturated rings. The fraction of sp³-hybridized carbons (Fsp3) is 0.765. The first kappa shape index (κ1) is 16.5. The Kier molecular flexibility index (Phi) is 13.1. The van der Waals surface area contributed by atoms with E-state index in [0.717, 1.165) is 6.42 Å². The van der Waals surface area contributed by atoms with Crippen molar-refractivity contribution < 1.29 is 0 Å². The first-order valence-corrected chi connectivity index (χ1v) is 7.58. The quantitative estimate of drug-likeness (QED) is 0.260. The van der Waals surface area contributed by atoms with Gasteiger partial charge in [0.15, 0.2) is 0 Å². The Hall–Kier alpha value is -0.520. The highest BCUT2D eigenvalue weighted by Gasteiger charge is 2.00. The highest BCUT2D eigenvalue weighted by molar-refractivity contribution is 4.84. The maximum Gasteiger partial charge on any atom is -0.0202 e. The Morgan fingerprint density at radius 2 is 1.35 bits per heavy atom. The molecule has 0 amide bonds. The Labute approximate surface area is 109 Å². The first-order valence-electron chi connectivity index (χ1n) is 7.58. The summed E-state index contributed by atoms with van der Waals surface area (Å²) in [6, 6.07) is 0. The van der Waals surface area contributed by atoms with E-state index in [2.05, 4.69) is 26.2 Å². The van der Waals surface area contributed by atoms with Crippen LogP contribution >= 0.6 is 0 Å². The molecular formula is C17H32. The lowest BCUT2D eigenvalue weighted by Crippen LogP contribution is -1.94. The molecule has 0 nitrogen and oxygen atoms in total. The Morgan fingerprint density at radius 3 is 1.82 bits per heavy atom. The maximum atomic E-state index is 3.89. The molecule has 0 aliphatic heterocycles. The monoisotopic (exact) mass is 236 g/mol. The predicted molar refractivity (Wildman–Crippen MR) is 80.3 cm³/mol. The fourth-order valence-corrected chi connectivity index (χ4v) is 2.26. The van der Waals surface area contributed by atoms with Crippen molar-refractivity contribution in [3.8, 4) is 0 Å². The largest absolute Gasteiger partial charge is 0.103 e. The second-order valence-corrected chi connectivity index (χ2v) is 5.14. The van der Waals surface area contributed by atoms with Crippen LogP contribution in [0.3, 0.4) is 0 Å². The summed E-state index contributed by atoms with van der Waals surface area (Å²) >= 11 is 0. The summed E-state index contributed by atoms with van der Waals surface area (Å²) in [6.07, 6.45) is 19.2. The summed E-state index contributed by atoms with van der Waals surface area (Å²) in [5.74, 6) is 0.664. The fourth-order valence-electron chi connectivity index (χ4n) is 2.26. The zero-order valence-corrected chi connectivity index (χ0v) is 11.9. The van der Waals surface area contributed by atoms with Gasteiger partial charge >= 0.3 is 0 Å². The first-order chi connectivity index (χ1) is 8.35. The van der Waals surface area contributed by atoms with E-state index in [1.54, 1.807) is 0 Å². The van der Waals surface area contributed by atoms with Crippen LogP contribution in [0.2, 0.25) is 0 Å². The van der Waals surface area contributed by atoms with E-state index in [1.165, 1.54) is 64.2 Å². The van der Waals surface area contributed by atoms with E-state index in [9.17, 15) is 0 Å². The van der Waals surface area contributed by atoms with Crippen LogP contribution in [0, 0.1) is 5.92 Å². The molecule has 0 heteroatoms. The molecule has 100 valence electrons. The molecule has 0 N–H and O–H groups in total. The van der Waals surface area contributed by atoms with Gasteiger partial charge in [-0.1, -0.05) is 76.9 Å². The van der Waals surface area contributed by atoms with Crippen LogP contribution in [0.4, 0.5) is 0 Å². The van der Waals surface area contributed by atoms with Crippen molar-refractivity contribution in [1.29, 1.82) is 0 Å². The van der Waals surface area contributed by atoms with Gasteiger partial charge in [0, 0.05) is 0 Å². The van der Waals surface area contributed by atoms with Gasteiger partial charge < -0.3 is 0 Å². The molecule has 0 aliphatic carbocycles. The van der Waals surface area contributed by atoms with Gasteiger partial charge in [0.25, 0.3) is 0 Å². The van der Waals surface area contributed by atoms with Crippen LogP contribution in [0.25, 0.3) is 0 Å². The zero-order chi connectivity index (χ0) is 12.8. The molecule has 0 rings (SSSR count). The third-order valence-corrected chi connectivity index (χ3v) is 3.48. The summed E-state index contributed by atoms with van der Waals surface area (Å²) in [6.45, 7) is 9.96. The maximum absolute atomic E-state index is 3.89. The van der Waals surface area contributed by atoms with Crippen LogP contribution in [0.5, 0.6) is 0 Å². The van der Waals surface area contributed by atoms with E-state index >= 15 is 0 Å². The molecule has 1 unspecified atom stereocenters. The number of allylic oxidation sites excluding steroid dienone is 2.